The van der Waals surface area contributed by atoms with Crippen molar-refractivity contribution >= 4 is 0 Å². The van der Waals surface area contributed by atoms with Gasteiger partial charge in [0.1, 0.15) is 0 Å². The van der Waals surface area contributed by atoms with E-state index in [-0.39, 0.29) is 0 Å². The van der Waals surface area contributed by atoms with Gasteiger partial charge in [-0.05, 0) is 19.3 Å². The zero-order valence-corrected chi connectivity index (χ0v) is 8.18. The normalized spacial score (nSPS) is 10.5. The molecular weight excluding hydrogens is 152 g/mol. The number of hydrogen-bond donors (Lipinski definition) is 0. The molecule has 0 aliphatic heterocycles. The molecule has 2 nitrogen and oxygen atoms in total. The maximum Gasteiger partial charge on any atom is 0.0487 e. The largest absolute Gasteiger partial charge is 0.381 e. The summed E-state index contributed by atoms with van der Waals surface area (Å²) in [6.07, 6.45) is 4.23. The van der Waals surface area contributed by atoms with Gasteiger partial charge in [-0.2, -0.15) is 0 Å². The standard InChI is InChI=1S/C10H21O2/c1-3-5-8-12-10-6-9-11-7-4-2/h2-10H2,1H3. The third kappa shape index (κ3) is 9.92. The van der Waals surface area contributed by atoms with Gasteiger partial charge in [0, 0.05) is 26.4 Å². The smallest absolute Gasteiger partial charge is 0.0487 e. The molecule has 2 heteroatoms. The first-order valence-corrected chi connectivity index (χ1v) is 4.86. The highest BCUT2D eigenvalue weighted by atomic mass is 16.5. The molecule has 0 aliphatic rings. The molecule has 0 saturated carbocycles. The second-order valence-corrected chi connectivity index (χ2v) is 2.79. The van der Waals surface area contributed by atoms with Crippen LogP contribution in [0.1, 0.15) is 32.6 Å². The number of ether oxygens (including phenoxy) is 2. The summed E-state index contributed by atoms with van der Waals surface area (Å²) in [5, 5.41) is 0. The van der Waals surface area contributed by atoms with Crippen LogP contribution in [0.2, 0.25) is 0 Å². The third-order valence-corrected chi connectivity index (χ3v) is 1.51. The Morgan fingerprint density at radius 2 is 1.50 bits per heavy atom. The molecule has 0 bridgehead atoms. The molecule has 0 atom stereocenters. The molecule has 73 valence electrons. The minimum atomic E-state index is 0.773. The lowest BCUT2D eigenvalue weighted by Crippen LogP contribution is -2.02. The Morgan fingerprint density at radius 3 is 2.08 bits per heavy atom. The Kier molecular flexibility index (Phi) is 10.8. The molecule has 12 heavy (non-hydrogen) atoms. The molecule has 0 amide bonds. The summed E-state index contributed by atoms with van der Waals surface area (Å²) in [5.74, 6) is 0. The van der Waals surface area contributed by atoms with E-state index < -0.39 is 0 Å². The zero-order chi connectivity index (χ0) is 9.07. The predicted molar refractivity (Wildman–Crippen MR) is 51.1 cm³/mol. The minimum Gasteiger partial charge on any atom is -0.381 e. The van der Waals surface area contributed by atoms with Crippen molar-refractivity contribution in [1.29, 1.82) is 0 Å². The molecule has 0 aromatic carbocycles. The van der Waals surface area contributed by atoms with Gasteiger partial charge < -0.3 is 9.47 Å². The Hall–Kier alpha value is -0.0800. The maximum absolute atomic E-state index is 5.36. The lowest BCUT2D eigenvalue weighted by molar-refractivity contribution is 0.0832. The molecule has 0 aromatic heterocycles. The fourth-order valence-corrected chi connectivity index (χ4v) is 0.816. The van der Waals surface area contributed by atoms with Crippen LogP contribution in [-0.2, 0) is 9.47 Å². The summed E-state index contributed by atoms with van der Waals surface area (Å²) in [5.41, 5.74) is 0. The first-order chi connectivity index (χ1) is 5.91. The summed E-state index contributed by atoms with van der Waals surface area (Å²) in [7, 11) is 0. The van der Waals surface area contributed by atoms with Gasteiger partial charge in [-0.1, -0.05) is 20.3 Å². The minimum absolute atomic E-state index is 0.773. The van der Waals surface area contributed by atoms with E-state index in [0.717, 1.165) is 39.3 Å². The summed E-state index contributed by atoms with van der Waals surface area (Å²) in [4.78, 5) is 0. The van der Waals surface area contributed by atoms with Gasteiger partial charge in [0.25, 0.3) is 0 Å². The topological polar surface area (TPSA) is 18.5 Å². The average Bonchev–Trinajstić information content (AvgIpc) is 2.10. The molecule has 1 radical (unpaired) electrons. The second-order valence-electron chi connectivity index (χ2n) is 2.79. The molecular formula is C10H21O2. The molecule has 0 N–H and O–H groups in total. The number of unbranched alkanes of at least 4 members (excludes halogenated alkanes) is 1. The lowest BCUT2D eigenvalue weighted by atomic mass is 10.4. The van der Waals surface area contributed by atoms with Gasteiger partial charge in [-0.3, -0.25) is 0 Å². The van der Waals surface area contributed by atoms with Crippen molar-refractivity contribution in [3.05, 3.63) is 6.92 Å². The van der Waals surface area contributed by atoms with E-state index in [2.05, 4.69) is 13.8 Å². The third-order valence-electron chi connectivity index (χ3n) is 1.51. The van der Waals surface area contributed by atoms with Crippen molar-refractivity contribution in [2.45, 2.75) is 32.6 Å². The van der Waals surface area contributed by atoms with Crippen LogP contribution < -0.4 is 0 Å². The van der Waals surface area contributed by atoms with Gasteiger partial charge in [-0.15, -0.1) is 0 Å². The molecule has 0 aliphatic carbocycles. The van der Waals surface area contributed by atoms with Crippen LogP contribution in [0, 0.1) is 6.92 Å². The van der Waals surface area contributed by atoms with Crippen LogP contribution in [0.3, 0.4) is 0 Å². The number of hydrogen-bond acceptors (Lipinski definition) is 2. The van der Waals surface area contributed by atoms with Gasteiger partial charge in [0.2, 0.25) is 0 Å². The van der Waals surface area contributed by atoms with E-state index in [1.165, 1.54) is 12.8 Å². The van der Waals surface area contributed by atoms with Gasteiger partial charge in [-0.25, -0.2) is 0 Å². The molecule has 0 spiro atoms. The highest BCUT2D eigenvalue weighted by Crippen LogP contribution is 1.90. The molecule has 0 fully saturated rings. The van der Waals surface area contributed by atoms with E-state index in [1.807, 2.05) is 0 Å². The van der Waals surface area contributed by atoms with Crippen LogP contribution in [0.4, 0.5) is 0 Å². The van der Waals surface area contributed by atoms with Crippen LogP contribution in [-0.4, -0.2) is 26.4 Å². The van der Waals surface area contributed by atoms with Crippen molar-refractivity contribution in [3.8, 4) is 0 Å². The molecule has 0 aromatic rings. The zero-order valence-electron chi connectivity index (χ0n) is 8.18. The Bertz CT molecular complexity index is 64.2. The average molecular weight is 173 g/mol. The Labute approximate surface area is 76.3 Å². The van der Waals surface area contributed by atoms with Gasteiger partial charge in [0.05, 0.1) is 0 Å². The fraction of sp³-hybridized carbons (Fsp3) is 0.900. The second kappa shape index (κ2) is 10.9. The van der Waals surface area contributed by atoms with E-state index in [4.69, 9.17) is 9.47 Å². The Balaban J connectivity index is 2.73. The summed E-state index contributed by atoms with van der Waals surface area (Å²) < 4.78 is 10.6. The monoisotopic (exact) mass is 173 g/mol. The molecule has 0 saturated heterocycles. The van der Waals surface area contributed by atoms with Crippen LogP contribution in [0.5, 0.6) is 0 Å². The molecule has 0 unspecified atom stereocenters. The summed E-state index contributed by atoms with van der Waals surface area (Å²) in [6, 6.07) is 0. The quantitative estimate of drug-likeness (QED) is 0.499. The van der Waals surface area contributed by atoms with Crippen LogP contribution in [0.25, 0.3) is 0 Å². The summed E-state index contributed by atoms with van der Waals surface area (Å²) >= 11 is 0. The van der Waals surface area contributed by atoms with Crippen LogP contribution >= 0.6 is 0 Å². The van der Waals surface area contributed by atoms with Crippen molar-refractivity contribution in [2.75, 3.05) is 26.4 Å². The van der Waals surface area contributed by atoms with Crippen molar-refractivity contribution in [2.24, 2.45) is 0 Å². The lowest BCUT2D eigenvalue weighted by Gasteiger charge is -2.03. The fourth-order valence-electron chi connectivity index (χ4n) is 0.816. The summed E-state index contributed by atoms with van der Waals surface area (Å²) in [6.45, 7) is 9.16. The highest BCUT2D eigenvalue weighted by molar-refractivity contribution is 4.39. The van der Waals surface area contributed by atoms with Gasteiger partial charge in [0.15, 0.2) is 0 Å². The SMILES string of the molecule is [CH2]CCOCCCOCCCC. The first-order valence-electron chi connectivity index (χ1n) is 4.86. The van der Waals surface area contributed by atoms with Crippen molar-refractivity contribution in [3.63, 3.8) is 0 Å². The van der Waals surface area contributed by atoms with E-state index in [1.54, 1.807) is 0 Å². The molecule has 0 rings (SSSR count). The van der Waals surface area contributed by atoms with E-state index in [0.29, 0.717) is 0 Å². The van der Waals surface area contributed by atoms with Crippen molar-refractivity contribution < 1.29 is 9.47 Å². The maximum atomic E-state index is 5.36. The highest BCUT2D eigenvalue weighted by Gasteiger charge is 1.88. The number of rotatable bonds is 9. The van der Waals surface area contributed by atoms with Crippen LogP contribution in [0.15, 0.2) is 0 Å². The van der Waals surface area contributed by atoms with E-state index >= 15 is 0 Å². The predicted octanol–water partition coefficient (Wildman–Crippen LogP) is 2.43. The molecule has 0 heterocycles. The Morgan fingerprint density at radius 1 is 0.917 bits per heavy atom. The van der Waals surface area contributed by atoms with Gasteiger partial charge >= 0.3 is 0 Å². The van der Waals surface area contributed by atoms with E-state index in [9.17, 15) is 0 Å². The van der Waals surface area contributed by atoms with Crippen molar-refractivity contribution in [1.82, 2.24) is 0 Å². The first kappa shape index (κ1) is 11.9.